The highest BCUT2D eigenvalue weighted by Crippen LogP contribution is 2.28. The minimum Gasteiger partial charge on any atom is -0.606 e. The number of aromatic nitrogens is 1. The van der Waals surface area contributed by atoms with E-state index in [1.807, 2.05) is 0 Å². The number of carbonyl (C=O) groups is 1. The summed E-state index contributed by atoms with van der Waals surface area (Å²) in [4.78, 5) is 17.0. The first-order valence-corrected chi connectivity index (χ1v) is 9.51. The number of carbonyl (C=O) groups excluding carboxylic acids is 1. The van der Waals surface area contributed by atoms with Crippen molar-refractivity contribution in [2.45, 2.75) is 9.10 Å². The Morgan fingerprint density at radius 1 is 1.04 bits per heavy atom. The Bertz CT molecular complexity index is 851. The lowest BCUT2D eigenvalue weighted by Crippen LogP contribution is -2.16. The molecule has 1 aromatic heterocycles. The van der Waals surface area contributed by atoms with Crippen molar-refractivity contribution in [3.8, 4) is 0 Å². The second-order valence-electron chi connectivity index (χ2n) is 4.67. The molecule has 0 saturated carbocycles. The van der Waals surface area contributed by atoms with Gasteiger partial charge in [-0.25, -0.2) is 4.98 Å². The van der Waals surface area contributed by atoms with Crippen molar-refractivity contribution in [3.63, 3.8) is 0 Å². The number of anilines is 1. The maximum atomic E-state index is 12.7. The first-order chi connectivity index (χ1) is 11.5. The normalized spacial score (nSPS) is 12.0. The summed E-state index contributed by atoms with van der Waals surface area (Å²) in [7, 11) is 0. The smallest absolute Gasteiger partial charge is 0.280 e. The topological polar surface area (TPSA) is 65.0 Å². The monoisotopic (exact) mass is 396 g/mol. The largest absolute Gasteiger partial charge is 0.606 e. The lowest BCUT2D eigenvalue weighted by Gasteiger charge is -2.09. The molecule has 0 radical (unpaired) electrons. The van der Waals surface area contributed by atoms with Gasteiger partial charge in [0.05, 0.1) is 5.51 Å². The van der Waals surface area contributed by atoms with Crippen LogP contribution >= 0.6 is 34.5 Å². The molecule has 24 heavy (non-hydrogen) atoms. The van der Waals surface area contributed by atoms with E-state index in [1.54, 1.807) is 48.5 Å². The number of rotatable bonds is 4. The zero-order chi connectivity index (χ0) is 17.1. The van der Waals surface area contributed by atoms with Crippen molar-refractivity contribution >= 4 is 57.3 Å². The van der Waals surface area contributed by atoms with Crippen molar-refractivity contribution in [2.24, 2.45) is 0 Å². The van der Waals surface area contributed by atoms with Crippen LogP contribution in [0.15, 0.2) is 63.1 Å². The van der Waals surface area contributed by atoms with E-state index in [1.165, 1.54) is 16.8 Å². The Balaban J connectivity index is 1.82. The summed E-state index contributed by atoms with van der Waals surface area (Å²) in [6.07, 6.45) is 0. The first kappa shape index (κ1) is 17.3. The maximum absolute atomic E-state index is 12.7. The summed E-state index contributed by atoms with van der Waals surface area (Å²) in [5.74, 6) is -0.420. The molecule has 1 N–H and O–H groups in total. The molecule has 0 fully saturated rings. The predicted molar refractivity (Wildman–Crippen MR) is 97.6 cm³/mol. The lowest BCUT2D eigenvalue weighted by molar-refractivity contribution is 0.102. The molecule has 0 bridgehead atoms. The van der Waals surface area contributed by atoms with E-state index in [0.717, 1.165) is 0 Å². The molecule has 122 valence electrons. The van der Waals surface area contributed by atoms with Gasteiger partial charge in [0.15, 0.2) is 10.6 Å². The average Bonchev–Trinajstić information content (AvgIpc) is 3.07. The Hall–Kier alpha value is -1.57. The molecule has 0 saturated heterocycles. The fourth-order valence-electron chi connectivity index (χ4n) is 1.91. The fraction of sp³-hybridized carbons (Fsp3) is 0. The van der Waals surface area contributed by atoms with Gasteiger partial charge in [0.25, 0.3) is 5.91 Å². The molecule has 1 atom stereocenters. The van der Waals surface area contributed by atoms with Crippen LogP contribution in [0.2, 0.25) is 10.0 Å². The number of nitrogens with zero attached hydrogens (tertiary/aromatic N) is 1. The molecule has 1 amide bonds. The molecule has 0 aliphatic heterocycles. The van der Waals surface area contributed by atoms with Crippen molar-refractivity contribution in [1.82, 2.24) is 4.98 Å². The Kier molecular flexibility index (Phi) is 5.43. The second kappa shape index (κ2) is 7.55. The van der Waals surface area contributed by atoms with E-state index < -0.39 is 17.1 Å². The van der Waals surface area contributed by atoms with Gasteiger partial charge >= 0.3 is 0 Å². The number of hydrogen-bond acceptors (Lipinski definition) is 4. The minimum atomic E-state index is -1.50. The first-order valence-electron chi connectivity index (χ1n) is 6.72. The Morgan fingerprint density at radius 3 is 2.25 bits per heavy atom. The molecule has 1 heterocycles. The molecule has 0 aliphatic rings. The molecular weight excluding hydrogens is 387 g/mol. The summed E-state index contributed by atoms with van der Waals surface area (Å²) in [6, 6.07) is 13.4. The second-order valence-corrected chi connectivity index (χ2v) is 8.08. The zero-order valence-corrected chi connectivity index (χ0v) is 15.2. The SMILES string of the molecule is O=C(Nc1ccc(Cl)cc1)c1ncsc1[S+]([O-])c1ccc(Cl)cc1. The third-order valence-corrected chi connectivity index (χ3v) is 6.14. The standard InChI is InChI=1S/C16H10Cl2N2O2S2/c17-10-1-5-12(6-2-10)20-15(21)14-16(23-9-19-14)24(22)13-7-3-11(18)4-8-13/h1-9H,(H,20,21). The van der Waals surface area contributed by atoms with Crippen LogP contribution in [0.3, 0.4) is 0 Å². The van der Waals surface area contributed by atoms with Crippen molar-refractivity contribution in [3.05, 3.63) is 69.8 Å². The summed E-state index contributed by atoms with van der Waals surface area (Å²) < 4.78 is 13.1. The number of thiazole rings is 1. The third kappa shape index (κ3) is 3.91. The number of benzene rings is 2. The molecular formula is C16H10Cl2N2O2S2. The number of halogens is 2. The van der Waals surface area contributed by atoms with E-state index in [9.17, 15) is 9.35 Å². The van der Waals surface area contributed by atoms with Crippen LogP contribution in [0.25, 0.3) is 0 Å². The maximum Gasteiger partial charge on any atom is 0.280 e. The van der Waals surface area contributed by atoms with Gasteiger partial charge in [0.1, 0.15) is 0 Å². The molecule has 0 aliphatic carbocycles. The highest BCUT2D eigenvalue weighted by Gasteiger charge is 2.26. The number of hydrogen-bond donors (Lipinski definition) is 1. The van der Waals surface area contributed by atoms with Crippen LogP contribution in [0.4, 0.5) is 5.69 Å². The summed E-state index contributed by atoms with van der Waals surface area (Å²) in [6.45, 7) is 0. The van der Waals surface area contributed by atoms with Gasteiger partial charge in [-0.05, 0) is 48.5 Å². The van der Waals surface area contributed by atoms with E-state index in [-0.39, 0.29) is 5.69 Å². The average molecular weight is 397 g/mol. The summed E-state index contributed by atoms with van der Waals surface area (Å²) in [5.41, 5.74) is 2.23. The van der Waals surface area contributed by atoms with E-state index in [0.29, 0.717) is 24.8 Å². The summed E-state index contributed by atoms with van der Waals surface area (Å²) in [5, 5.41) is 3.85. The highest BCUT2D eigenvalue weighted by molar-refractivity contribution is 7.93. The quantitative estimate of drug-likeness (QED) is 0.639. The van der Waals surface area contributed by atoms with Gasteiger partial charge in [0, 0.05) is 26.9 Å². The molecule has 2 aromatic carbocycles. The van der Waals surface area contributed by atoms with Gasteiger partial charge < -0.3 is 9.87 Å². The lowest BCUT2D eigenvalue weighted by atomic mass is 10.3. The minimum absolute atomic E-state index is 0.142. The van der Waals surface area contributed by atoms with Gasteiger partial charge in [-0.15, -0.1) is 0 Å². The van der Waals surface area contributed by atoms with Crippen LogP contribution in [0.1, 0.15) is 10.5 Å². The van der Waals surface area contributed by atoms with Crippen LogP contribution in [0, 0.1) is 0 Å². The zero-order valence-electron chi connectivity index (χ0n) is 12.0. The molecule has 1 unspecified atom stereocenters. The van der Waals surface area contributed by atoms with E-state index in [4.69, 9.17) is 23.2 Å². The molecule has 0 spiro atoms. The van der Waals surface area contributed by atoms with Gasteiger partial charge in [-0.2, -0.15) is 0 Å². The van der Waals surface area contributed by atoms with Gasteiger partial charge in [-0.1, -0.05) is 34.5 Å². The fourth-order valence-corrected chi connectivity index (χ4v) is 4.36. The Morgan fingerprint density at radius 2 is 1.62 bits per heavy atom. The van der Waals surface area contributed by atoms with Crippen molar-refractivity contribution in [1.29, 1.82) is 0 Å². The molecule has 8 heteroatoms. The van der Waals surface area contributed by atoms with Crippen LogP contribution in [0.5, 0.6) is 0 Å². The van der Waals surface area contributed by atoms with Crippen LogP contribution < -0.4 is 5.32 Å². The van der Waals surface area contributed by atoms with Gasteiger partial charge in [0.2, 0.25) is 4.21 Å². The van der Waals surface area contributed by atoms with E-state index in [2.05, 4.69) is 10.3 Å². The molecule has 4 nitrogen and oxygen atoms in total. The van der Waals surface area contributed by atoms with E-state index >= 15 is 0 Å². The van der Waals surface area contributed by atoms with Crippen LogP contribution in [-0.2, 0) is 11.2 Å². The number of nitrogens with one attached hydrogen (secondary N) is 1. The summed E-state index contributed by atoms with van der Waals surface area (Å²) >= 11 is 11.3. The van der Waals surface area contributed by atoms with Crippen molar-refractivity contribution in [2.75, 3.05) is 5.32 Å². The predicted octanol–water partition coefficient (Wildman–Crippen LogP) is 4.87. The number of amides is 1. The molecule has 3 rings (SSSR count). The third-order valence-electron chi connectivity index (χ3n) is 3.05. The van der Waals surface area contributed by atoms with Gasteiger partial charge in [-0.3, -0.25) is 4.79 Å². The Labute approximate surface area is 155 Å². The molecule has 3 aromatic rings. The van der Waals surface area contributed by atoms with Crippen LogP contribution in [-0.4, -0.2) is 15.4 Å². The highest BCUT2D eigenvalue weighted by atomic mass is 35.5. The van der Waals surface area contributed by atoms with Crippen molar-refractivity contribution < 1.29 is 9.35 Å².